The van der Waals surface area contributed by atoms with Gasteiger partial charge in [-0.25, -0.2) is 13.6 Å². The second-order valence-electron chi connectivity index (χ2n) is 5.23. The molecule has 18 heavy (non-hydrogen) atoms. The quantitative estimate of drug-likeness (QED) is 0.909. The largest absolute Gasteiger partial charge is 0.268 e. The number of rotatable bonds is 3. The van der Waals surface area contributed by atoms with E-state index >= 15 is 0 Å². The first-order valence-electron chi connectivity index (χ1n) is 6.46. The van der Waals surface area contributed by atoms with E-state index in [1.807, 2.05) is 4.68 Å². The predicted molar refractivity (Wildman–Crippen MR) is 69.6 cm³/mol. The van der Waals surface area contributed by atoms with Crippen LogP contribution in [0, 0.1) is 19.8 Å². The second-order valence-corrected chi connectivity index (χ2v) is 6.73. The fourth-order valence-electron chi connectivity index (χ4n) is 2.88. The van der Waals surface area contributed by atoms with E-state index in [4.69, 9.17) is 5.14 Å². The Hall–Kier alpha value is -0.880. The van der Waals surface area contributed by atoms with Gasteiger partial charge >= 0.3 is 0 Å². The predicted octanol–water partition coefficient (Wildman–Crippen LogP) is 1.73. The Balaban J connectivity index is 2.24. The summed E-state index contributed by atoms with van der Waals surface area (Å²) in [6.07, 6.45) is 6.28. The molecule has 1 aliphatic rings. The average molecular weight is 271 g/mol. The SMILES string of the molecule is Cc1nn(CC2CCCCC2)c(C)c1S(N)(=O)=O. The van der Waals surface area contributed by atoms with Crippen molar-refractivity contribution >= 4 is 10.0 Å². The number of nitrogens with two attached hydrogens (primary N) is 1. The Labute approximate surface area is 108 Å². The van der Waals surface area contributed by atoms with Crippen LogP contribution in [0.25, 0.3) is 0 Å². The lowest BCUT2D eigenvalue weighted by molar-refractivity contribution is 0.305. The van der Waals surface area contributed by atoms with Crippen molar-refractivity contribution in [2.75, 3.05) is 0 Å². The fourth-order valence-corrected chi connectivity index (χ4v) is 3.85. The van der Waals surface area contributed by atoms with E-state index in [2.05, 4.69) is 5.10 Å². The van der Waals surface area contributed by atoms with Crippen LogP contribution in [0.4, 0.5) is 0 Å². The summed E-state index contributed by atoms with van der Waals surface area (Å²) >= 11 is 0. The summed E-state index contributed by atoms with van der Waals surface area (Å²) in [4.78, 5) is 0.193. The van der Waals surface area contributed by atoms with Crippen LogP contribution in [-0.2, 0) is 16.6 Å². The first-order valence-corrected chi connectivity index (χ1v) is 8.01. The molecule has 0 unspecified atom stereocenters. The van der Waals surface area contributed by atoms with E-state index in [1.54, 1.807) is 13.8 Å². The van der Waals surface area contributed by atoms with E-state index in [9.17, 15) is 8.42 Å². The van der Waals surface area contributed by atoms with Gasteiger partial charge < -0.3 is 0 Å². The summed E-state index contributed by atoms with van der Waals surface area (Å²) in [5.41, 5.74) is 1.17. The molecule has 5 nitrogen and oxygen atoms in total. The average Bonchev–Trinajstić information content (AvgIpc) is 2.54. The van der Waals surface area contributed by atoms with Gasteiger partial charge in [-0.15, -0.1) is 0 Å². The van der Waals surface area contributed by atoms with Crippen LogP contribution < -0.4 is 5.14 Å². The highest BCUT2D eigenvalue weighted by atomic mass is 32.2. The van der Waals surface area contributed by atoms with E-state index in [1.165, 1.54) is 32.1 Å². The minimum Gasteiger partial charge on any atom is -0.268 e. The van der Waals surface area contributed by atoms with Gasteiger partial charge in [-0.05, 0) is 32.6 Å². The molecule has 102 valence electrons. The topological polar surface area (TPSA) is 78.0 Å². The van der Waals surface area contributed by atoms with Crippen LogP contribution in [0.2, 0.25) is 0 Å². The molecule has 1 heterocycles. The van der Waals surface area contributed by atoms with E-state index in [0.717, 1.165) is 6.54 Å². The van der Waals surface area contributed by atoms with Crippen molar-refractivity contribution in [1.29, 1.82) is 0 Å². The minimum absolute atomic E-state index is 0.193. The van der Waals surface area contributed by atoms with Gasteiger partial charge in [0, 0.05) is 6.54 Å². The zero-order chi connectivity index (χ0) is 13.3. The molecular weight excluding hydrogens is 250 g/mol. The highest BCUT2D eigenvalue weighted by molar-refractivity contribution is 7.89. The van der Waals surface area contributed by atoms with E-state index in [-0.39, 0.29) is 4.90 Å². The van der Waals surface area contributed by atoms with Gasteiger partial charge in [0.05, 0.1) is 11.4 Å². The van der Waals surface area contributed by atoms with Gasteiger partial charge in [0.1, 0.15) is 4.90 Å². The third-order valence-electron chi connectivity index (χ3n) is 3.76. The Morgan fingerprint density at radius 1 is 1.28 bits per heavy atom. The zero-order valence-electron chi connectivity index (χ0n) is 11.0. The highest BCUT2D eigenvalue weighted by Crippen LogP contribution is 2.26. The monoisotopic (exact) mass is 271 g/mol. The Morgan fingerprint density at radius 3 is 2.39 bits per heavy atom. The van der Waals surface area contributed by atoms with Crippen LogP contribution in [0.5, 0.6) is 0 Å². The summed E-state index contributed by atoms with van der Waals surface area (Å²) in [7, 11) is -3.67. The summed E-state index contributed by atoms with van der Waals surface area (Å²) in [5.74, 6) is 0.616. The molecule has 2 N–H and O–H groups in total. The molecular formula is C12H21N3O2S. The standard InChI is InChI=1S/C12H21N3O2S/c1-9-12(18(13,16)17)10(2)15(14-9)8-11-6-4-3-5-7-11/h11H,3-8H2,1-2H3,(H2,13,16,17). The number of aromatic nitrogens is 2. The van der Waals surface area contributed by atoms with Gasteiger partial charge in [-0.3, -0.25) is 4.68 Å². The van der Waals surface area contributed by atoms with Crippen LogP contribution in [-0.4, -0.2) is 18.2 Å². The molecule has 1 aromatic heterocycles. The number of aryl methyl sites for hydroxylation is 1. The van der Waals surface area contributed by atoms with Crippen LogP contribution in [0.15, 0.2) is 4.90 Å². The second kappa shape index (κ2) is 5.01. The molecule has 0 saturated heterocycles. The number of hydrogen-bond donors (Lipinski definition) is 1. The van der Waals surface area contributed by atoms with Crippen molar-refractivity contribution in [1.82, 2.24) is 9.78 Å². The van der Waals surface area contributed by atoms with Gasteiger partial charge in [0.15, 0.2) is 0 Å². The fraction of sp³-hybridized carbons (Fsp3) is 0.750. The van der Waals surface area contributed by atoms with Crippen LogP contribution in [0.1, 0.15) is 43.5 Å². The zero-order valence-corrected chi connectivity index (χ0v) is 11.8. The van der Waals surface area contributed by atoms with Gasteiger partial charge in [0.2, 0.25) is 10.0 Å². The van der Waals surface area contributed by atoms with Crippen molar-refractivity contribution in [2.24, 2.45) is 11.1 Å². The molecule has 6 heteroatoms. The van der Waals surface area contributed by atoms with Crippen LogP contribution >= 0.6 is 0 Å². The van der Waals surface area contributed by atoms with Gasteiger partial charge in [-0.2, -0.15) is 5.10 Å². The molecule has 1 aliphatic carbocycles. The first-order chi connectivity index (χ1) is 8.39. The smallest absolute Gasteiger partial charge is 0.241 e. The number of sulfonamides is 1. The molecule has 0 spiro atoms. The molecule has 0 amide bonds. The maximum atomic E-state index is 11.5. The molecule has 0 radical (unpaired) electrons. The molecule has 2 rings (SSSR count). The number of nitrogens with zero attached hydrogens (tertiary/aromatic N) is 2. The first kappa shape index (κ1) is 13.5. The number of primary sulfonamides is 1. The lowest BCUT2D eigenvalue weighted by Crippen LogP contribution is -2.17. The van der Waals surface area contributed by atoms with Crippen molar-refractivity contribution in [3.63, 3.8) is 0 Å². The molecule has 0 atom stereocenters. The van der Waals surface area contributed by atoms with Crippen LogP contribution in [0.3, 0.4) is 0 Å². The maximum absolute atomic E-state index is 11.5. The lowest BCUT2D eigenvalue weighted by Gasteiger charge is -2.21. The molecule has 0 aromatic carbocycles. The minimum atomic E-state index is -3.67. The van der Waals surface area contributed by atoms with Crippen molar-refractivity contribution in [3.05, 3.63) is 11.4 Å². The number of hydrogen-bond acceptors (Lipinski definition) is 3. The summed E-state index contributed by atoms with van der Waals surface area (Å²) in [6.45, 7) is 4.29. The van der Waals surface area contributed by atoms with E-state index < -0.39 is 10.0 Å². The lowest BCUT2D eigenvalue weighted by atomic mass is 9.89. The summed E-state index contributed by atoms with van der Waals surface area (Å²) in [5, 5.41) is 9.55. The third-order valence-corrected chi connectivity index (χ3v) is 4.92. The molecule has 1 aromatic rings. The van der Waals surface area contributed by atoms with Crippen molar-refractivity contribution in [2.45, 2.75) is 57.4 Å². The van der Waals surface area contributed by atoms with Gasteiger partial charge in [-0.1, -0.05) is 19.3 Å². The Kier molecular flexibility index (Phi) is 3.77. The Morgan fingerprint density at radius 2 is 1.89 bits per heavy atom. The van der Waals surface area contributed by atoms with E-state index in [0.29, 0.717) is 17.3 Å². The molecule has 1 fully saturated rings. The summed E-state index contributed by atoms with van der Waals surface area (Å²) < 4.78 is 24.8. The van der Waals surface area contributed by atoms with Crippen molar-refractivity contribution < 1.29 is 8.42 Å². The molecule has 0 aliphatic heterocycles. The molecule has 0 bridgehead atoms. The Bertz CT molecular complexity index is 528. The maximum Gasteiger partial charge on any atom is 0.241 e. The third kappa shape index (κ3) is 2.75. The highest BCUT2D eigenvalue weighted by Gasteiger charge is 2.23. The summed E-state index contributed by atoms with van der Waals surface area (Å²) in [6, 6.07) is 0. The molecule has 1 saturated carbocycles. The van der Waals surface area contributed by atoms with Crippen molar-refractivity contribution in [3.8, 4) is 0 Å². The van der Waals surface area contributed by atoms with Gasteiger partial charge in [0.25, 0.3) is 0 Å². The normalized spacial score (nSPS) is 18.2.